The predicted molar refractivity (Wildman–Crippen MR) is 92.7 cm³/mol. The summed E-state index contributed by atoms with van der Waals surface area (Å²) in [5.41, 5.74) is 2.50. The molecule has 0 amide bonds. The van der Waals surface area contributed by atoms with Crippen molar-refractivity contribution in [3.05, 3.63) is 59.1 Å². The summed E-state index contributed by atoms with van der Waals surface area (Å²) < 4.78 is 1.80. The van der Waals surface area contributed by atoms with Crippen LogP contribution in [0.3, 0.4) is 0 Å². The molecule has 0 fully saturated rings. The molecule has 0 bridgehead atoms. The standard InChI is InChI=1S/C18H17ClN2O/c1-2-10-20-12-16-15-8-3-4-9-17(15)21(18(16)22)14-7-5-6-13(19)11-14/h3-9,11-12,22H,2,10H2,1H3. The van der Waals surface area contributed by atoms with Crippen molar-refractivity contribution < 1.29 is 5.11 Å². The molecule has 0 aliphatic heterocycles. The van der Waals surface area contributed by atoms with Gasteiger partial charge in [-0.3, -0.25) is 9.56 Å². The zero-order valence-electron chi connectivity index (χ0n) is 12.3. The lowest BCUT2D eigenvalue weighted by Gasteiger charge is -2.07. The molecule has 3 rings (SSSR count). The lowest BCUT2D eigenvalue weighted by molar-refractivity contribution is 0.444. The van der Waals surface area contributed by atoms with Gasteiger partial charge in [0.05, 0.1) is 16.8 Å². The third kappa shape index (κ3) is 2.60. The van der Waals surface area contributed by atoms with E-state index in [9.17, 15) is 5.11 Å². The molecule has 2 aromatic carbocycles. The molecule has 22 heavy (non-hydrogen) atoms. The van der Waals surface area contributed by atoms with Crippen molar-refractivity contribution in [3.63, 3.8) is 0 Å². The van der Waals surface area contributed by atoms with Crippen LogP contribution in [0, 0.1) is 0 Å². The molecule has 1 N–H and O–H groups in total. The van der Waals surface area contributed by atoms with Crippen molar-refractivity contribution in [3.8, 4) is 11.6 Å². The monoisotopic (exact) mass is 312 g/mol. The number of para-hydroxylation sites is 1. The maximum absolute atomic E-state index is 10.7. The molecule has 1 aromatic heterocycles. The molecule has 0 aliphatic rings. The Morgan fingerprint density at radius 1 is 1.18 bits per heavy atom. The molecule has 0 unspecified atom stereocenters. The Labute approximate surface area is 134 Å². The molecule has 4 heteroatoms. The van der Waals surface area contributed by atoms with Gasteiger partial charge in [0.25, 0.3) is 0 Å². The summed E-state index contributed by atoms with van der Waals surface area (Å²) in [7, 11) is 0. The van der Waals surface area contributed by atoms with Crippen LogP contribution in [-0.4, -0.2) is 22.4 Å². The van der Waals surface area contributed by atoms with E-state index in [4.69, 9.17) is 11.6 Å². The second kappa shape index (κ2) is 6.24. The summed E-state index contributed by atoms with van der Waals surface area (Å²) in [6.45, 7) is 2.82. The Hall–Kier alpha value is -2.26. The molecular weight excluding hydrogens is 296 g/mol. The minimum Gasteiger partial charge on any atom is -0.494 e. The van der Waals surface area contributed by atoms with Crippen LogP contribution in [0.2, 0.25) is 5.02 Å². The zero-order valence-corrected chi connectivity index (χ0v) is 13.1. The van der Waals surface area contributed by atoms with E-state index in [1.165, 1.54) is 0 Å². The van der Waals surface area contributed by atoms with Crippen LogP contribution in [0.4, 0.5) is 0 Å². The number of nitrogens with zero attached hydrogens (tertiary/aromatic N) is 2. The largest absolute Gasteiger partial charge is 0.494 e. The van der Waals surface area contributed by atoms with Crippen LogP contribution in [0.1, 0.15) is 18.9 Å². The number of fused-ring (bicyclic) bond motifs is 1. The van der Waals surface area contributed by atoms with Gasteiger partial charge in [0.15, 0.2) is 0 Å². The van der Waals surface area contributed by atoms with Crippen molar-refractivity contribution in [1.82, 2.24) is 4.57 Å². The number of aromatic hydroxyl groups is 1. The minimum atomic E-state index is 0.184. The van der Waals surface area contributed by atoms with Gasteiger partial charge in [-0.15, -0.1) is 0 Å². The average molecular weight is 313 g/mol. The van der Waals surface area contributed by atoms with Crippen molar-refractivity contribution in [1.29, 1.82) is 0 Å². The fourth-order valence-electron chi connectivity index (χ4n) is 2.54. The number of rotatable bonds is 4. The van der Waals surface area contributed by atoms with Gasteiger partial charge < -0.3 is 5.11 Å². The van der Waals surface area contributed by atoms with Gasteiger partial charge in [-0.1, -0.05) is 42.8 Å². The number of hydrogen-bond acceptors (Lipinski definition) is 2. The third-order valence-electron chi connectivity index (χ3n) is 3.53. The van der Waals surface area contributed by atoms with E-state index in [0.717, 1.165) is 35.1 Å². The highest BCUT2D eigenvalue weighted by Gasteiger charge is 2.16. The van der Waals surface area contributed by atoms with E-state index < -0.39 is 0 Å². The van der Waals surface area contributed by atoms with Gasteiger partial charge in [-0.2, -0.15) is 0 Å². The van der Waals surface area contributed by atoms with Crippen LogP contribution >= 0.6 is 11.6 Å². The molecule has 3 nitrogen and oxygen atoms in total. The normalized spacial score (nSPS) is 11.5. The van der Waals surface area contributed by atoms with E-state index in [-0.39, 0.29) is 5.88 Å². The lowest BCUT2D eigenvalue weighted by atomic mass is 10.2. The second-order valence-corrected chi connectivity index (χ2v) is 5.54. The van der Waals surface area contributed by atoms with Gasteiger partial charge in [-0.25, -0.2) is 0 Å². The number of aliphatic imine (C=N–C) groups is 1. The first-order valence-electron chi connectivity index (χ1n) is 7.30. The Bertz CT molecular complexity index is 836. The summed E-state index contributed by atoms with van der Waals surface area (Å²) in [6, 6.07) is 15.3. The van der Waals surface area contributed by atoms with E-state index in [0.29, 0.717) is 5.02 Å². The highest BCUT2D eigenvalue weighted by atomic mass is 35.5. The Kier molecular flexibility index (Phi) is 4.16. The summed E-state index contributed by atoms with van der Waals surface area (Å²) in [4.78, 5) is 4.37. The SMILES string of the molecule is CCCN=Cc1c(O)n(-c2cccc(Cl)c2)c2ccccc12. The van der Waals surface area contributed by atoms with E-state index >= 15 is 0 Å². The molecule has 0 saturated carbocycles. The maximum atomic E-state index is 10.7. The minimum absolute atomic E-state index is 0.184. The smallest absolute Gasteiger partial charge is 0.205 e. The zero-order chi connectivity index (χ0) is 15.5. The number of aromatic nitrogens is 1. The maximum Gasteiger partial charge on any atom is 0.205 e. The summed E-state index contributed by atoms with van der Waals surface area (Å²) in [5, 5.41) is 12.3. The molecule has 0 saturated heterocycles. The molecular formula is C18H17ClN2O. The van der Waals surface area contributed by atoms with E-state index in [1.807, 2.05) is 48.5 Å². The second-order valence-electron chi connectivity index (χ2n) is 5.10. The fourth-order valence-corrected chi connectivity index (χ4v) is 2.72. The van der Waals surface area contributed by atoms with Crippen LogP contribution in [0.15, 0.2) is 53.5 Å². The summed E-state index contributed by atoms with van der Waals surface area (Å²) in [6.07, 6.45) is 2.73. The Balaban J connectivity index is 2.24. The van der Waals surface area contributed by atoms with Gasteiger partial charge in [0.1, 0.15) is 0 Å². The van der Waals surface area contributed by atoms with E-state index in [1.54, 1.807) is 10.8 Å². The van der Waals surface area contributed by atoms with Crippen molar-refractivity contribution in [2.45, 2.75) is 13.3 Å². The Morgan fingerprint density at radius 3 is 2.77 bits per heavy atom. The summed E-state index contributed by atoms with van der Waals surface area (Å²) >= 11 is 6.09. The van der Waals surface area contributed by atoms with Gasteiger partial charge >= 0.3 is 0 Å². The van der Waals surface area contributed by atoms with Gasteiger partial charge in [0.2, 0.25) is 5.88 Å². The van der Waals surface area contributed by atoms with Crippen molar-refractivity contribution in [2.75, 3.05) is 6.54 Å². The topological polar surface area (TPSA) is 37.5 Å². The number of hydrogen-bond donors (Lipinski definition) is 1. The average Bonchev–Trinajstić information content (AvgIpc) is 2.80. The Morgan fingerprint density at radius 2 is 2.00 bits per heavy atom. The molecule has 3 aromatic rings. The van der Waals surface area contributed by atoms with Gasteiger partial charge in [-0.05, 0) is 30.7 Å². The first-order valence-corrected chi connectivity index (χ1v) is 7.68. The molecule has 0 atom stereocenters. The fraction of sp³-hybridized carbons (Fsp3) is 0.167. The highest BCUT2D eigenvalue weighted by molar-refractivity contribution is 6.30. The number of benzene rings is 2. The predicted octanol–water partition coefficient (Wildman–Crippen LogP) is 4.82. The van der Waals surface area contributed by atoms with Crippen LogP contribution in [0.25, 0.3) is 16.6 Å². The molecule has 112 valence electrons. The van der Waals surface area contributed by atoms with E-state index in [2.05, 4.69) is 11.9 Å². The van der Waals surface area contributed by atoms with Gasteiger partial charge in [0, 0.05) is 23.2 Å². The molecule has 0 aliphatic carbocycles. The van der Waals surface area contributed by atoms with Crippen molar-refractivity contribution >= 4 is 28.7 Å². The summed E-state index contributed by atoms with van der Waals surface area (Å²) in [5.74, 6) is 0.184. The number of halogens is 1. The first-order chi connectivity index (χ1) is 10.7. The quantitative estimate of drug-likeness (QED) is 0.689. The van der Waals surface area contributed by atoms with Crippen LogP contribution < -0.4 is 0 Å². The highest BCUT2D eigenvalue weighted by Crippen LogP contribution is 2.33. The lowest BCUT2D eigenvalue weighted by Crippen LogP contribution is -1.93. The third-order valence-corrected chi connectivity index (χ3v) is 3.76. The molecule has 0 radical (unpaired) electrons. The van der Waals surface area contributed by atoms with Crippen molar-refractivity contribution in [2.24, 2.45) is 4.99 Å². The molecule has 1 heterocycles. The van der Waals surface area contributed by atoms with Crippen LogP contribution in [-0.2, 0) is 0 Å². The molecule has 0 spiro atoms. The van der Waals surface area contributed by atoms with Crippen LogP contribution in [0.5, 0.6) is 5.88 Å². The first kappa shape index (κ1) is 14.7.